The van der Waals surface area contributed by atoms with Gasteiger partial charge in [0.05, 0.1) is 0 Å². The lowest BCUT2D eigenvalue weighted by molar-refractivity contribution is 1.11. The van der Waals surface area contributed by atoms with E-state index < -0.39 is 0 Å². The van der Waals surface area contributed by atoms with Crippen LogP contribution in [0.3, 0.4) is 0 Å². The van der Waals surface area contributed by atoms with Crippen molar-refractivity contribution >= 4 is 0 Å². The van der Waals surface area contributed by atoms with E-state index in [1.165, 1.54) is 5.56 Å². The first-order valence-electron chi connectivity index (χ1n) is 4.20. The van der Waals surface area contributed by atoms with Crippen LogP contribution >= 0.6 is 0 Å². The SMILES string of the molecule is C1=CC(c2ccc[cH+]cc2)C=C1. The minimum Gasteiger partial charge on any atom is -0.0720 e. The summed E-state index contributed by atoms with van der Waals surface area (Å²) in [5.74, 6) is 0.484. The van der Waals surface area contributed by atoms with Crippen molar-refractivity contribution in [3.63, 3.8) is 0 Å². The van der Waals surface area contributed by atoms with Crippen molar-refractivity contribution in [3.05, 3.63) is 66.3 Å². The Morgan fingerprint density at radius 1 is 1.00 bits per heavy atom. The summed E-state index contributed by atoms with van der Waals surface area (Å²) in [7, 11) is 0. The highest BCUT2D eigenvalue weighted by Gasteiger charge is 2.07. The van der Waals surface area contributed by atoms with E-state index in [1.807, 2.05) is 12.1 Å². The molecule has 0 N–H and O–H groups in total. The predicted molar refractivity (Wildman–Crippen MR) is 51.9 cm³/mol. The van der Waals surface area contributed by atoms with Crippen LogP contribution in [0.15, 0.2) is 60.7 Å². The molecule has 2 rings (SSSR count). The summed E-state index contributed by atoms with van der Waals surface area (Å²) in [4.78, 5) is 0. The van der Waals surface area contributed by atoms with Crippen molar-refractivity contribution < 1.29 is 0 Å². The predicted octanol–water partition coefficient (Wildman–Crippen LogP) is 3.18. The van der Waals surface area contributed by atoms with Crippen molar-refractivity contribution in [1.29, 1.82) is 0 Å². The van der Waals surface area contributed by atoms with Gasteiger partial charge in [0.2, 0.25) is 0 Å². The molecule has 1 aliphatic rings. The second kappa shape index (κ2) is 3.31. The van der Waals surface area contributed by atoms with E-state index in [1.54, 1.807) is 0 Å². The molecule has 0 heteroatoms. The molecule has 0 aromatic heterocycles. The molecule has 0 radical (unpaired) electrons. The Kier molecular flexibility index (Phi) is 2.00. The quantitative estimate of drug-likeness (QED) is 0.546. The highest BCUT2D eigenvalue weighted by molar-refractivity contribution is 5.33. The molecule has 1 aromatic rings. The van der Waals surface area contributed by atoms with E-state index >= 15 is 0 Å². The van der Waals surface area contributed by atoms with Crippen molar-refractivity contribution in [3.8, 4) is 0 Å². The lowest BCUT2D eigenvalue weighted by Crippen LogP contribution is -1.84. The summed E-state index contributed by atoms with van der Waals surface area (Å²) in [5, 5.41) is 0. The molecule has 0 aliphatic heterocycles. The summed E-state index contributed by atoms with van der Waals surface area (Å²) in [6, 6.07) is 12.6. The van der Waals surface area contributed by atoms with E-state index in [9.17, 15) is 0 Å². The highest BCUT2D eigenvalue weighted by atomic mass is 14.1. The second-order valence-electron chi connectivity index (χ2n) is 2.90. The van der Waals surface area contributed by atoms with Gasteiger partial charge in [0.15, 0.2) is 0 Å². The maximum Gasteiger partial charge on any atom is 0.0470 e. The molecule has 0 amide bonds. The fourth-order valence-corrected chi connectivity index (χ4v) is 1.39. The summed E-state index contributed by atoms with van der Waals surface area (Å²) >= 11 is 0. The van der Waals surface area contributed by atoms with Gasteiger partial charge in [-0.1, -0.05) is 24.3 Å². The van der Waals surface area contributed by atoms with E-state index in [0.717, 1.165) is 0 Å². The Hall–Kier alpha value is -1.43. The molecular weight excluding hydrogens is 144 g/mol. The average molecular weight is 155 g/mol. The van der Waals surface area contributed by atoms with Crippen LogP contribution < -0.4 is 0 Å². The number of hydrogen-bond donors (Lipinski definition) is 0. The third-order valence-corrected chi connectivity index (χ3v) is 2.04. The Morgan fingerprint density at radius 3 is 2.67 bits per heavy atom. The van der Waals surface area contributed by atoms with E-state index in [2.05, 4.69) is 48.6 Å². The van der Waals surface area contributed by atoms with Crippen LogP contribution in [0.1, 0.15) is 11.5 Å². The standard InChI is InChI=1S/C12H11/c1-2-4-8-11(7-3-1)12-9-5-6-10-12/h1-10,12H/q+1. The largest absolute Gasteiger partial charge is 0.0720 e. The fourth-order valence-electron chi connectivity index (χ4n) is 1.39. The molecule has 0 heterocycles. The molecule has 58 valence electrons. The zero-order valence-electron chi connectivity index (χ0n) is 6.85. The number of hydrogen-bond acceptors (Lipinski definition) is 0. The maximum atomic E-state index is 2.20. The Labute approximate surface area is 72.9 Å². The van der Waals surface area contributed by atoms with Gasteiger partial charge in [0, 0.05) is 47.9 Å². The molecule has 0 atom stereocenters. The lowest BCUT2D eigenvalue weighted by atomic mass is 10.0. The van der Waals surface area contributed by atoms with Crippen LogP contribution in [-0.4, -0.2) is 0 Å². The smallest absolute Gasteiger partial charge is 0.0470 e. The average Bonchev–Trinajstić information content (AvgIpc) is 2.48. The van der Waals surface area contributed by atoms with Gasteiger partial charge in [-0.3, -0.25) is 0 Å². The summed E-state index contributed by atoms with van der Waals surface area (Å²) in [6.45, 7) is 0. The fraction of sp³-hybridized carbons (Fsp3) is 0.0833. The number of allylic oxidation sites excluding steroid dienone is 4. The van der Waals surface area contributed by atoms with E-state index in [4.69, 9.17) is 0 Å². The van der Waals surface area contributed by atoms with Gasteiger partial charge in [0.1, 0.15) is 0 Å². The van der Waals surface area contributed by atoms with Crippen molar-refractivity contribution in [2.24, 2.45) is 0 Å². The zero-order chi connectivity index (χ0) is 8.23. The lowest BCUT2D eigenvalue weighted by Gasteiger charge is -1.97. The molecule has 0 nitrogen and oxygen atoms in total. The molecule has 1 aromatic carbocycles. The summed E-state index contributed by atoms with van der Waals surface area (Å²) in [6.07, 6.45) is 8.60. The third-order valence-electron chi connectivity index (χ3n) is 2.04. The van der Waals surface area contributed by atoms with Gasteiger partial charge in [0.25, 0.3) is 0 Å². The first-order chi connectivity index (χ1) is 5.97. The monoisotopic (exact) mass is 155 g/mol. The number of rotatable bonds is 1. The van der Waals surface area contributed by atoms with Crippen LogP contribution in [0.4, 0.5) is 0 Å². The van der Waals surface area contributed by atoms with Crippen LogP contribution in [0.2, 0.25) is 0 Å². The topological polar surface area (TPSA) is 0 Å². The van der Waals surface area contributed by atoms with E-state index in [-0.39, 0.29) is 0 Å². The normalized spacial score (nSPS) is 15.3. The van der Waals surface area contributed by atoms with Crippen LogP contribution in [0, 0.1) is 0 Å². The molecule has 0 bridgehead atoms. The first kappa shape index (κ1) is 7.23. The molecule has 0 unspecified atom stereocenters. The highest BCUT2D eigenvalue weighted by Crippen LogP contribution is 2.21. The van der Waals surface area contributed by atoms with Crippen molar-refractivity contribution in [2.75, 3.05) is 0 Å². The Balaban J connectivity index is 2.35. The first-order valence-corrected chi connectivity index (χ1v) is 4.20. The van der Waals surface area contributed by atoms with E-state index in [0.29, 0.717) is 5.92 Å². The third kappa shape index (κ3) is 1.42. The Bertz CT molecular complexity index is 296. The van der Waals surface area contributed by atoms with Gasteiger partial charge in [-0.25, -0.2) is 0 Å². The molecule has 0 saturated carbocycles. The summed E-state index contributed by atoms with van der Waals surface area (Å²) in [5.41, 5.74) is 1.35. The van der Waals surface area contributed by atoms with Gasteiger partial charge < -0.3 is 0 Å². The maximum absolute atomic E-state index is 2.20. The molecular formula is C12H11+. The Morgan fingerprint density at radius 2 is 1.83 bits per heavy atom. The molecule has 0 fully saturated rings. The van der Waals surface area contributed by atoms with Gasteiger partial charge in [-0.2, -0.15) is 0 Å². The van der Waals surface area contributed by atoms with Crippen LogP contribution in [0.25, 0.3) is 0 Å². The molecule has 0 saturated heterocycles. The van der Waals surface area contributed by atoms with Crippen molar-refractivity contribution in [2.45, 2.75) is 5.92 Å². The van der Waals surface area contributed by atoms with Gasteiger partial charge in [-0.15, -0.1) is 0 Å². The van der Waals surface area contributed by atoms with Gasteiger partial charge in [-0.05, 0) is 0 Å². The minimum absolute atomic E-state index is 0.484. The van der Waals surface area contributed by atoms with Crippen LogP contribution in [-0.2, 0) is 0 Å². The van der Waals surface area contributed by atoms with Crippen LogP contribution in [0.5, 0.6) is 0 Å². The molecule has 12 heavy (non-hydrogen) atoms. The molecule has 0 spiro atoms. The zero-order valence-corrected chi connectivity index (χ0v) is 6.85. The summed E-state index contributed by atoms with van der Waals surface area (Å²) < 4.78 is 0. The second-order valence-corrected chi connectivity index (χ2v) is 2.90. The van der Waals surface area contributed by atoms with Gasteiger partial charge >= 0.3 is 0 Å². The molecule has 1 aliphatic carbocycles. The minimum atomic E-state index is 0.484. The van der Waals surface area contributed by atoms with Crippen molar-refractivity contribution in [1.82, 2.24) is 0 Å².